The van der Waals surface area contributed by atoms with Crippen molar-refractivity contribution >= 4 is 17.9 Å². The van der Waals surface area contributed by atoms with Gasteiger partial charge in [0, 0.05) is 37.5 Å². The first-order valence-electron chi connectivity index (χ1n) is 7.98. The van der Waals surface area contributed by atoms with E-state index in [1.165, 1.54) is 32.1 Å². The number of nitrogens with zero attached hydrogens (tertiary/aromatic N) is 3. The van der Waals surface area contributed by atoms with Crippen LogP contribution >= 0.6 is 0 Å². The smallest absolute Gasteiger partial charge is 0.404 e. The average molecular weight is 305 g/mol. The van der Waals surface area contributed by atoms with Gasteiger partial charge in [0.25, 0.3) is 0 Å². The molecule has 0 radical (unpaired) electrons. The Morgan fingerprint density at radius 3 is 2.73 bits per heavy atom. The Labute approximate surface area is 129 Å². The maximum Gasteiger partial charge on any atom is 0.404 e. The zero-order chi connectivity index (χ0) is 15.5. The second-order valence-corrected chi connectivity index (χ2v) is 6.30. The third kappa shape index (κ3) is 3.40. The monoisotopic (exact) mass is 305 g/mol. The molecule has 1 saturated carbocycles. The number of nitrogens with two attached hydrogens (primary N) is 1. The van der Waals surface area contributed by atoms with Crippen LogP contribution in [0.5, 0.6) is 0 Å². The van der Waals surface area contributed by atoms with E-state index in [2.05, 4.69) is 26.3 Å². The highest BCUT2D eigenvalue weighted by Gasteiger charge is 2.29. The number of nitrogens with one attached hydrogen (secondary N) is 1. The Morgan fingerprint density at radius 1 is 1.32 bits per heavy atom. The molecule has 1 aromatic rings. The molecule has 2 aliphatic rings. The summed E-state index contributed by atoms with van der Waals surface area (Å²) in [5.41, 5.74) is 6.94. The molecule has 1 saturated heterocycles. The minimum absolute atomic E-state index is 0.338. The topological polar surface area (TPSA) is 104 Å². The zero-order valence-corrected chi connectivity index (χ0v) is 12.7. The van der Waals surface area contributed by atoms with Gasteiger partial charge in [-0.05, 0) is 12.8 Å². The fraction of sp³-hybridized carbons (Fsp3) is 0.667. The molecule has 2 fully saturated rings. The molecule has 0 bridgehead atoms. The molecule has 1 amide bonds. The molecule has 1 aliphatic carbocycles. The van der Waals surface area contributed by atoms with E-state index in [4.69, 9.17) is 10.8 Å². The van der Waals surface area contributed by atoms with Crippen LogP contribution in [-0.4, -0.2) is 40.8 Å². The first-order valence-corrected chi connectivity index (χ1v) is 7.98. The molecule has 120 valence electrons. The van der Waals surface area contributed by atoms with Gasteiger partial charge in [-0.15, -0.1) is 0 Å². The highest BCUT2D eigenvalue weighted by molar-refractivity contribution is 5.64. The summed E-state index contributed by atoms with van der Waals surface area (Å²) in [6, 6.07) is 2.06. The molecule has 22 heavy (non-hydrogen) atoms. The minimum Gasteiger partial charge on any atom is -0.465 e. The summed E-state index contributed by atoms with van der Waals surface area (Å²) >= 11 is 0. The number of hydrogen-bond acceptors (Lipinski definition) is 5. The summed E-state index contributed by atoms with van der Waals surface area (Å²) < 4.78 is 0. The van der Waals surface area contributed by atoms with E-state index < -0.39 is 6.09 Å². The van der Waals surface area contributed by atoms with Gasteiger partial charge < -0.3 is 21.1 Å². The lowest BCUT2D eigenvalue weighted by Gasteiger charge is -2.40. The van der Waals surface area contributed by atoms with Crippen LogP contribution in [0.4, 0.5) is 16.6 Å². The van der Waals surface area contributed by atoms with Crippen molar-refractivity contribution in [3.63, 3.8) is 0 Å². The number of carboxylic acid groups (broad SMARTS) is 1. The first kappa shape index (κ1) is 14.9. The largest absolute Gasteiger partial charge is 0.465 e. The Hall–Kier alpha value is -2.05. The lowest BCUT2D eigenvalue weighted by atomic mass is 9.86. The fourth-order valence-corrected chi connectivity index (χ4v) is 3.36. The maximum absolute atomic E-state index is 10.5. The fourth-order valence-electron chi connectivity index (χ4n) is 3.36. The number of nitrogen functional groups attached to an aromatic ring is 1. The quantitative estimate of drug-likeness (QED) is 0.783. The van der Waals surface area contributed by atoms with Crippen LogP contribution in [0.15, 0.2) is 6.07 Å². The van der Waals surface area contributed by atoms with Gasteiger partial charge in [0.1, 0.15) is 5.82 Å². The highest BCUT2D eigenvalue weighted by Crippen LogP contribution is 2.34. The van der Waals surface area contributed by atoms with Crippen molar-refractivity contribution in [3.05, 3.63) is 11.8 Å². The molecular formula is C15H23N5O2. The van der Waals surface area contributed by atoms with E-state index in [0.717, 1.165) is 24.6 Å². The van der Waals surface area contributed by atoms with Gasteiger partial charge in [-0.3, -0.25) is 0 Å². The zero-order valence-electron chi connectivity index (χ0n) is 12.7. The average Bonchev–Trinajstić information content (AvgIpc) is 2.45. The molecule has 4 N–H and O–H groups in total. The van der Waals surface area contributed by atoms with Crippen molar-refractivity contribution in [2.45, 2.75) is 38.0 Å². The predicted octanol–water partition coefficient (Wildman–Crippen LogP) is 1.81. The molecular weight excluding hydrogens is 282 g/mol. The highest BCUT2D eigenvalue weighted by atomic mass is 16.4. The van der Waals surface area contributed by atoms with Gasteiger partial charge in [0.2, 0.25) is 5.95 Å². The van der Waals surface area contributed by atoms with Crippen molar-refractivity contribution in [2.24, 2.45) is 5.92 Å². The SMILES string of the molecule is Nc1nc(C2CCCCC2)cc(N2CC(CNC(=O)O)C2)n1. The van der Waals surface area contributed by atoms with E-state index in [9.17, 15) is 4.79 Å². The number of aromatic nitrogens is 2. The Balaban J connectivity index is 1.62. The van der Waals surface area contributed by atoms with Crippen LogP contribution in [-0.2, 0) is 0 Å². The van der Waals surface area contributed by atoms with Crippen LogP contribution in [0.1, 0.15) is 43.7 Å². The lowest BCUT2D eigenvalue weighted by Crippen LogP contribution is -2.51. The summed E-state index contributed by atoms with van der Waals surface area (Å²) in [6.07, 6.45) is 5.23. The van der Waals surface area contributed by atoms with Crippen molar-refractivity contribution in [2.75, 3.05) is 30.3 Å². The van der Waals surface area contributed by atoms with Crippen LogP contribution in [0.2, 0.25) is 0 Å². The molecule has 1 aliphatic heterocycles. The number of anilines is 2. The molecule has 0 atom stereocenters. The summed E-state index contributed by atoms with van der Waals surface area (Å²) in [5, 5.41) is 11.0. The number of carbonyl (C=O) groups is 1. The van der Waals surface area contributed by atoms with Gasteiger partial charge in [0.05, 0.1) is 5.69 Å². The molecule has 3 rings (SSSR count). The van der Waals surface area contributed by atoms with Gasteiger partial charge in [-0.1, -0.05) is 19.3 Å². The Morgan fingerprint density at radius 2 is 2.05 bits per heavy atom. The van der Waals surface area contributed by atoms with E-state index in [1.807, 2.05) is 0 Å². The van der Waals surface area contributed by atoms with Crippen molar-refractivity contribution < 1.29 is 9.90 Å². The standard InChI is InChI=1S/C15H23N5O2/c16-14-18-12(11-4-2-1-3-5-11)6-13(19-14)20-8-10(9-20)7-17-15(21)22/h6,10-11,17H,1-5,7-9H2,(H,21,22)(H2,16,18,19). The van der Waals surface area contributed by atoms with Crippen molar-refractivity contribution in [1.82, 2.24) is 15.3 Å². The van der Waals surface area contributed by atoms with E-state index >= 15 is 0 Å². The van der Waals surface area contributed by atoms with Gasteiger partial charge in [-0.25, -0.2) is 9.78 Å². The van der Waals surface area contributed by atoms with E-state index in [0.29, 0.717) is 24.3 Å². The normalized spacial score (nSPS) is 19.7. The Bertz CT molecular complexity index is 539. The van der Waals surface area contributed by atoms with Crippen molar-refractivity contribution in [1.29, 1.82) is 0 Å². The summed E-state index contributed by atoms with van der Waals surface area (Å²) in [4.78, 5) is 21.4. The molecule has 0 unspecified atom stereocenters. The lowest BCUT2D eigenvalue weighted by molar-refractivity contribution is 0.191. The maximum atomic E-state index is 10.5. The van der Waals surface area contributed by atoms with Gasteiger partial charge in [0.15, 0.2) is 0 Å². The Kier molecular flexibility index (Phi) is 4.31. The third-order valence-electron chi connectivity index (χ3n) is 4.60. The van der Waals surface area contributed by atoms with Crippen LogP contribution < -0.4 is 16.0 Å². The van der Waals surface area contributed by atoms with Crippen LogP contribution in [0, 0.1) is 5.92 Å². The minimum atomic E-state index is -0.968. The molecule has 1 aromatic heterocycles. The molecule has 7 nitrogen and oxygen atoms in total. The molecule has 2 heterocycles. The van der Waals surface area contributed by atoms with E-state index in [-0.39, 0.29) is 0 Å². The van der Waals surface area contributed by atoms with Gasteiger partial charge in [-0.2, -0.15) is 4.98 Å². The number of rotatable bonds is 4. The van der Waals surface area contributed by atoms with E-state index in [1.54, 1.807) is 0 Å². The van der Waals surface area contributed by atoms with Gasteiger partial charge >= 0.3 is 6.09 Å². The molecule has 0 spiro atoms. The van der Waals surface area contributed by atoms with Crippen LogP contribution in [0.25, 0.3) is 0 Å². The molecule has 7 heteroatoms. The predicted molar refractivity (Wildman–Crippen MR) is 84.0 cm³/mol. The second-order valence-electron chi connectivity index (χ2n) is 6.30. The van der Waals surface area contributed by atoms with Crippen molar-refractivity contribution in [3.8, 4) is 0 Å². The second kappa shape index (κ2) is 6.37. The molecule has 0 aromatic carbocycles. The first-order chi connectivity index (χ1) is 10.6. The third-order valence-corrected chi connectivity index (χ3v) is 4.60. The summed E-state index contributed by atoms with van der Waals surface area (Å²) in [7, 11) is 0. The summed E-state index contributed by atoms with van der Waals surface area (Å²) in [6.45, 7) is 2.10. The number of amides is 1. The number of hydrogen-bond donors (Lipinski definition) is 3. The summed E-state index contributed by atoms with van der Waals surface area (Å²) in [5.74, 6) is 2.05. The van der Waals surface area contributed by atoms with Crippen LogP contribution in [0.3, 0.4) is 0 Å².